The van der Waals surface area contributed by atoms with Gasteiger partial charge in [0, 0.05) is 0 Å². The van der Waals surface area contributed by atoms with Crippen molar-refractivity contribution < 1.29 is 43.2 Å². The van der Waals surface area contributed by atoms with Crippen LogP contribution in [0.5, 0.6) is 0 Å². The second-order valence-electron chi connectivity index (χ2n) is 11.3. The zero-order valence-electron chi connectivity index (χ0n) is 26.8. The molecular weight excluding hydrogens is 855 g/mol. The van der Waals surface area contributed by atoms with Crippen LogP contribution in [0.25, 0.3) is 0 Å². The minimum atomic E-state index is -7.14. The normalized spacial score (nSPS) is 13.8. The molecule has 0 fully saturated rings. The van der Waals surface area contributed by atoms with Gasteiger partial charge in [-0.1, -0.05) is 90.4 Å². The predicted octanol–water partition coefficient (Wildman–Crippen LogP) is 7.70. The molecule has 50 heavy (non-hydrogen) atoms. The average Bonchev–Trinajstić information content (AvgIpc) is 3.10. The Kier molecular flexibility index (Phi) is 12.6. The van der Waals surface area contributed by atoms with E-state index in [0.29, 0.717) is 16.8 Å². The maximum Gasteiger partial charge on any atom is 0.512 e. The van der Waals surface area contributed by atoms with Gasteiger partial charge >= 0.3 is 31.1 Å². The van der Waals surface area contributed by atoms with Crippen LogP contribution in [0, 0.1) is 0 Å². The molecule has 0 heterocycles. The fraction of sp³-hybridized carbons (Fsp3) is 0.273. The molecule has 0 saturated heterocycles. The Hall–Kier alpha value is -2.13. The predicted molar refractivity (Wildman–Crippen MR) is 200 cm³/mol. The summed E-state index contributed by atoms with van der Waals surface area (Å²) in [4.78, 5) is -2.39. The number of halogens is 7. The zero-order chi connectivity index (χ0) is 37.1. The minimum absolute atomic E-state index is 0.106. The Morgan fingerprint density at radius 3 is 1.14 bits per heavy atom. The molecule has 0 atom stereocenters. The van der Waals surface area contributed by atoms with Gasteiger partial charge < -0.3 is 0 Å². The van der Waals surface area contributed by atoms with Gasteiger partial charge in [0.2, 0.25) is 0 Å². The summed E-state index contributed by atoms with van der Waals surface area (Å²) in [6, 6.07) is 35.8. The van der Waals surface area contributed by atoms with Gasteiger partial charge in [0.1, 0.15) is 44.1 Å². The number of hydrogen-bond donors (Lipinski definition) is 1. The third-order valence-electron chi connectivity index (χ3n) is 8.41. The van der Waals surface area contributed by atoms with E-state index in [1.807, 2.05) is 60.7 Å². The molecule has 1 N–H and O–H groups in total. The lowest BCUT2D eigenvalue weighted by molar-refractivity contribution is -0.0578. The van der Waals surface area contributed by atoms with Crippen LogP contribution in [0.3, 0.4) is 0 Å². The number of sulfonamides is 2. The van der Waals surface area contributed by atoms with Crippen LogP contribution < -0.4 is 26.3 Å². The van der Waals surface area contributed by atoms with E-state index in [2.05, 4.69) is 27.1 Å². The van der Waals surface area contributed by atoms with Crippen molar-refractivity contribution in [3.05, 3.63) is 121 Å². The van der Waals surface area contributed by atoms with Crippen molar-refractivity contribution >= 4 is 75.6 Å². The van der Waals surface area contributed by atoms with Crippen molar-refractivity contribution in [1.82, 2.24) is 8.80 Å². The van der Waals surface area contributed by atoms with E-state index in [1.165, 1.54) is 0 Å². The highest BCUT2D eigenvalue weighted by Gasteiger charge is 2.69. The van der Waals surface area contributed by atoms with Gasteiger partial charge in [0.25, 0.3) is 0 Å². The molecule has 0 unspecified atom stereocenters. The van der Waals surface area contributed by atoms with Crippen molar-refractivity contribution in [2.75, 3.05) is 12.3 Å². The largest absolute Gasteiger partial charge is 0.512 e. The quantitative estimate of drug-likeness (QED) is 0.0608. The molecule has 6 nitrogen and oxygen atoms in total. The number of rotatable bonds is 14. The van der Waals surface area contributed by atoms with E-state index < -0.39 is 65.6 Å². The molecule has 0 aliphatic heterocycles. The lowest BCUT2D eigenvalue weighted by Gasteiger charge is -2.44. The molecule has 0 aliphatic rings. The summed E-state index contributed by atoms with van der Waals surface area (Å²) in [7, 11) is -17.8. The van der Waals surface area contributed by atoms with Crippen LogP contribution in [-0.4, -0.2) is 49.5 Å². The second kappa shape index (κ2) is 15.5. The Labute approximate surface area is 303 Å². The first-order valence-electron chi connectivity index (χ1n) is 15.2. The Balaban J connectivity index is 2.09. The van der Waals surface area contributed by atoms with E-state index in [9.17, 15) is 43.2 Å². The molecule has 0 aliphatic carbocycles. The maximum atomic E-state index is 14.3. The highest BCUT2D eigenvalue weighted by Crippen LogP contribution is 2.68. The van der Waals surface area contributed by atoms with Crippen LogP contribution in [0.1, 0.15) is 26.7 Å². The van der Waals surface area contributed by atoms with Gasteiger partial charge in [-0.05, 0) is 61.4 Å². The number of nitrogens with one attached hydrogen (secondary N) is 1. The van der Waals surface area contributed by atoms with Crippen molar-refractivity contribution in [3.63, 3.8) is 0 Å². The smallest absolute Gasteiger partial charge is 0.202 e. The van der Waals surface area contributed by atoms with Crippen LogP contribution in [0.4, 0.5) is 26.3 Å². The highest BCUT2D eigenvalue weighted by molar-refractivity contribution is 14.2. The first-order chi connectivity index (χ1) is 23.3. The van der Waals surface area contributed by atoms with E-state index in [-0.39, 0.29) is 6.16 Å². The van der Waals surface area contributed by atoms with Crippen molar-refractivity contribution in [3.8, 4) is 0 Å². The lowest BCUT2D eigenvalue weighted by atomic mass is 10.1. The number of hydrogen-bond acceptors (Lipinski definition) is 5. The molecular formula is C33H35F6IN2O4P2S2+2. The molecule has 0 bridgehead atoms. The van der Waals surface area contributed by atoms with E-state index in [4.69, 9.17) is 0 Å². The van der Waals surface area contributed by atoms with Gasteiger partial charge in [0.15, 0.2) is 29.5 Å². The maximum absolute atomic E-state index is 14.3. The number of alkyl halides is 6. The standard InChI is InChI=1S/C33H35F6IN2O4P2S2/c1-3-31(4-2,42(49(43,44)32(34,35)36)50(45,46)33(37,38)39)41-48(29-21-13-7-14-22-29,30-23-15-8-16-24-30)26-25-47(40,27-17-9-5-10-18-27)28-19-11-6-12-20-28/h5-24,41H,3-4,25-26H2,1-2H3/q+2. The van der Waals surface area contributed by atoms with Crippen LogP contribution >= 0.6 is 34.4 Å². The molecule has 0 aromatic heterocycles. The lowest BCUT2D eigenvalue weighted by Crippen LogP contribution is -2.67. The van der Waals surface area contributed by atoms with E-state index in [1.54, 1.807) is 60.7 Å². The first kappa shape index (κ1) is 40.6. The molecule has 4 aromatic carbocycles. The van der Waals surface area contributed by atoms with Gasteiger partial charge in [-0.3, -0.25) is 0 Å². The molecule has 270 valence electrons. The van der Waals surface area contributed by atoms with Crippen molar-refractivity contribution in [1.29, 1.82) is 0 Å². The summed E-state index contributed by atoms with van der Waals surface area (Å²) in [6.07, 6.45) is -1.07. The van der Waals surface area contributed by atoms with Crippen LogP contribution in [-0.2, 0) is 20.0 Å². The summed E-state index contributed by atoms with van der Waals surface area (Å²) in [5.74, 6) is 0. The fourth-order valence-electron chi connectivity index (χ4n) is 5.82. The Morgan fingerprint density at radius 2 is 0.860 bits per heavy atom. The summed E-state index contributed by atoms with van der Waals surface area (Å²) in [5.41, 5.74) is -15.7. The molecule has 0 radical (unpaired) electrons. The zero-order valence-corrected chi connectivity index (χ0v) is 32.4. The average molecular weight is 891 g/mol. The Morgan fingerprint density at radius 1 is 0.560 bits per heavy atom. The molecule has 17 heteroatoms. The highest BCUT2D eigenvalue weighted by atomic mass is 127. The molecule has 0 amide bonds. The van der Waals surface area contributed by atoms with Gasteiger partial charge in [-0.15, -0.1) is 0 Å². The van der Waals surface area contributed by atoms with Crippen LogP contribution in [0.2, 0.25) is 0 Å². The molecule has 0 spiro atoms. The molecule has 4 aromatic rings. The molecule has 4 rings (SSSR count). The third-order valence-corrected chi connectivity index (χ3v) is 24.6. The summed E-state index contributed by atoms with van der Waals surface area (Å²) >= 11 is 2.40. The van der Waals surface area contributed by atoms with Crippen LogP contribution in [0.15, 0.2) is 121 Å². The summed E-state index contributed by atoms with van der Waals surface area (Å²) in [5, 5.41) is 5.95. The summed E-state index contributed by atoms with van der Waals surface area (Å²) < 4.78 is 137. The van der Waals surface area contributed by atoms with Crippen molar-refractivity contribution in [2.45, 2.75) is 43.4 Å². The van der Waals surface area contributed by atoms with Gasteiger partial charge in [-0.2, -0.15) is 31.4 Å². The van der Waals surface area contributed by atoms with Crippen molar-refractivity contribution in [2.24, 2.45) is 0 Å². The third kappa shape index (κ3) is 7.79. The number of benzene rings is 4. The van der Waals surface area contributed by atoms with E-state index in [0.717, 1.165) is 24.5 Å². The minimum Gasteiger partial charge on any atom is -0.202 e. The number of nitrogens with zero attached hydrogens (tertiary/aromatic N) is 1. The topological polar surface area (TPSA) is 83.6 Å². The second-order valence-corrected chi connectivity index (χ2v) is 26.2. The van der Waals surface area contributed by atoms with Gasteiger partial charge in [0.05, 0.1) is 0 Å². The Bertz CT molecular complexity index is 1820. The SMILES string of the molecule is CCC(CC)(N[P+](CC[P+](I)(c1ccccc1)c1ccccc1)(c1ccccc1)c1ccccc1)N(S(=O)(=O)C(F)(F)F)S(=O)(=O)C(F)(F)F. The van der Waals surface area contributed by atoms with Gasteiger partial charge in [-0.25, -0.2) is 16.8 Å². The monoisotopic (exact) mass is 890 g/mol. The summed E-state index contributed by atoms with van der Waals surface area (Å²) in [6.45, 7) is 2.32. The van der Waals surface area contributed by atoms with E-state index >= 15 is 0 Å². The molecule has 0 saturated carbocycles. The first-order valence-corrected chi connectivity index (χ1v) is 24.8. The fourth-order valence-corrected chi connectivity index (χ4v) is 21.4.